The van der Waals surface area contributed by atoms with Gasteiger partial charge in [-0.2, -0.15) is 0 Å². The van der Waals surface area contributed by atoms with Gasteiger partial charge in [-0.3, -0.25) is 4.99 Å². The minimum absolute atomic E-state index is 0. The van der Waals surface area contributed by atoms with E-state index in [0.717, 1.165) is 31.2 Å². The molecule has 7 heteroatoms. The maximum Gasteiger partial charge on any atom is 0.191 e. The van der Waals surface area contributed by atoms with Crippen molar-refractivity contribution in [1.29, 1.82) is 0 Å². The molecule has 0 aliphatic carbocycles. The van der Waals surface area contributed by atoms with Crippen molar-refractivity contribution in [3.63, 3.8) is 0 Å². The molecule has 1 saturated heterocycles. The number of hydrogen-bond donors (Lipinski definition) is 2. The van der Waals surface area contributed by atoms with Gasteiger partial charge in [0.05, 0.1) is 12.7 Å². The molecule has 0 aromatic heterocycles. The lowest BCUT2D eigenvalue weighted by Gasteiger charge is -2.31. The Kier molecular flexibility index (Phi) is 9.09. The number of nitrogens with zero attached hydrogens (tertiary/aromatic N) is 2. The molecule has 0 saturated carbocycles. The lowest BCUT2D eigenvalue weighted by Crippen LogP contribution is -2.49. The number of benzene rings is 1. The highest BCUT2D eigenvalue weighted by Gasteiger charge is 2.22. The van der Waals surface area contributed by atoms with E-state index in [-0.39, 0.29) is 41.3 Å². The van der Waals surface area contributed by atoms with E-state index in [1.165, 1.54) is 6.07 Å². The van der Waals surface area contributed by atoms with E-state index < -0.39 is 0 Å². The van der Waals surface area contributed by atoms with Crippen molar-refractivity contribution >= 4 is 29.9 Å². The second kappa shape index (κ2) is 10.3. The van der Waals surface area contributed by atoms with E-state index in [1.807, 2.05) is 6.07 Å². The Labute approximate surface area is 167 Å². The topological polar surface area (TPSA) is 48.9 Å². The van der Waals surface area contributed by atoms with Crippen LogP contribution in [0.3, 0.4) is 0 Å². The van der Waals surface area contributed by atoms with Gasteiger partial charge in [0, 0.05) is 38.6 Å². The SMILES string of the molecule is CN=C(NCC1CN(C)CCO1)NCC(C)(C)c1cccc(F)c1.I. The molecular formula is C18H30FIN4O. The summed E-state index contributed by atoms with van der Waals surface area (Å²) in [5.41, 5.74) is 0.754. The Bertz CT molecular complexity index is 568. The molecule has 1 aromatic carbocycles. The average Bonchev–Trinajstić information content (AvgIpc) is 2.55. The van der Waals surface area contributed by atoms with Crippen LogP contribution in [0.5, 0.6) is 0 Å². The minimum Gasteiger partial charge on any atom is -0.374 e. The van der Waals surface area contributed by atoms with E-state index in [2.05, 4.69) is 41.4 Å². The molecule has 1 fully saturated rings. The van der Waals surface area contributed by atoms with E-state index in [4.69, 9.17) is 4.74 Å². The summed E-state index contributed by atoms with van der Waals surface area (Å²) in [6.07, 6.45) is 0.165. The molecule has 2 N–H and O–H groups in total. The lowest BCUT2D eigenvalue weighted by atomic mass is 9.84. The first kappa shape index (κ1) is 22.1. The molecule has 1 atom stereocenters. The van der Waals surface area contributed by atoms with Crippen LogP contribution in [0.15, 0.2) is 29.3 Å². The number of rotatable bonds is 5. The minimum atomic E-state index is -0.207. The van der Waals surface area contributed by atoms with Gasteiger partial charge in [0.2, 0.25) is 0 Å². The van der Waals surface area contributed by atoms with E-state index in [9.17, 15) is 4.39 Å². The van der Waals surface area contributed by atoms with E-state index >= 15 is 0 Å². The molecule has 0 radical (unpaired) electrons. The number of likely N-dealkylation sites (N-methyl/N-ethyl adjacent to an activating group) is 1. The number of aliphatic imine (C=N–C) groups is 1. The van der Waals surface area contributed by atoms with Crippen LogP contribution in [0.2, 0.25) is 0 Å². The molecule has 1 aliphatic rings. The second-order valence-corrected chi connectivity index (χ2v) is 6.96. The molecule has 1 aromatic rings. The van der Waals surface area contributed by atoms with Gasteiger partial charge >= 0.3 is 0 Å². The molecule has 142 valence electrons. The van der Waals surface area contributed by atoms with Crippen molar-refractivity contribution in [3.8, 4) is 0 Å². The predicted octanol–water partition coefficient (Wildman–Crippen LogP) is 2.22. The van der Waals surface area contributed by atoms with Gasteiger partial charge in [0.1, 0.15) is 5.82 Å². The Morgan fingerprint density at radius 3 is 2.80 bits per heavy atom. The van der Waals surface area contributed by atoms with Crippen molar-refractivity contribution in [2.45, 2.75) is 25.4 Å². The predicted molar refractivity (Wildman–Crippen MR) is 111 cm³/mol. The quantitative estimate of drug-likeness (QED) is 0.399. The van der Waals surface area contributed by atoms with Crippen LogP contribution in [-0.2, 0) is 10.2 Å². The molecule has 25 heavy (non-hydrogen) atoms. The molecule has 1 heterocycles. The first-order valence-corrected chi connectivity index (χ1v) is 8.41. The summed E-state index contributed by atoms with van der Waals surface area (Å²) in [7, 11) is 3.85. The number of guanidine groups is 1. The Balaban J connectivity index is 0.00000312. The highest BCUT2D eigenvalue weighted by Crippen LogP contribution is 2.22. The van der Waals surface area contributed by atoms with Gasteiger partial charge in [0.25, 0.3) is 0 Å². The number of morpholine rings is 1. The molecule has 5 nitrogen and oxygen atoms in total. The molecule has 0 spiro atoms. The van der Waals surface area contributed by atoms with Gasteiger partial charge < -0.3 is 20.3 Å². The maximum absolute atomic E-state index is 13.4. The van der Waals surface area contributed by atoms with Gasteiger partial charge in [-0.15, -0.1) is 24.0 Å². The maximum atomic E-state index is 13.4. The summed E-state index contributed by atoms with van der Waals surface area (Å²) in [5.74, 6) is 0.526. The van der Waals surface area contributed by atoms with Crippen LogP contribution in [-0.4, -0.2) is 63.8 Å². The molecule has 0 bridgehead atoms. The van der Waals surface area contributed by atoms with E-state index in [0.29, 0.717) is 13.1 Å². The Morgan fingerprint density at radius 2 is 2.16 bits per heavy atom. The van der Waals surface area contributed by atoms with Crippen LogP contribution >= 0.6 is 24.0 Å². The molecule has 2 rings (SSSR count). The first-order chi connectivity index (χ1) is 11.4. The van der Waals surface area contributed by atoms with Crippen LogP contribution in [0, 0.1) is 5.82 Å². The Morgan fingerprint density at radius 1 is 1.40 bits per heavy atom. The summed E-state index contributed by atoms with van der Waals surface area (Å²) in [5, 5.41) is 6.63. The summed E-state index contributed by atoms with van der Waals surface area (Å²) < 4.78 is 19.2. The number of halogens is 2. The third kappa shape index (κ3) is 7.07. The standard InChI is InChI=1S/C18H29FN4O.HI/c1-18(2,14-6-5-7-15(19)10-14)13-22-17(20-3)21-11-16-12-23(4)8-9-24-16;/h5-7,10,16H,8-9,11-13H2,1-4H3,(H2,20,21,22);1H. The van der Waals surface area contributed by atoms with Gasteiger partial charge in [-0.25, -0.2) is 4.39 Å². The van der Waals surface area contributed by atoms with Crippen molar-refractivity contribution in [2.75, 3.05) is 46.9 Å². The van der Waals surface area contributed by atoms with Crippen molar-refractivity contribution in [1.82, 2.24) is 15.5 Å². The van der Waals surface area contributed by atoms with Gasteiger partial charge in [-0.1, -0.05) is 26.0 Å². The summed E-state index contributed by atoms with van der Waals surface area (Å²) in [4.78, 5) is 6.52. The number of hydrogen-bond acceptors (Lipinski definition) is 3. The molecular weight excluding hydrogens is 434 g/mol. The zero-order valence-corrected chi connectivity index (χ0v) is 17.8. The largest absolute Gasteiger partial charge is 0.374 e. The third-order valence-corrected chi connectivity index (χ3v) is 4.37. The van der Waals surface area contributed by atoms with Crippen LogP contribution < -0.4 is 10.6 Å². The zero-order valence-electron chi connectivity index (χ0n) is 15.5. The number of ether oxygens (including phenoxy) is 1. The van der Waals surface area contributed by atoms with Crippen molar-refractivity contribution < 1.29 is 9.13 Å². The highest BCUT2D eigenvalue weighted by atomic mass is 127. The number of nitrogens with one attached hydrogen (secondary N) is 2. The van der Waals surface area contributed by atoms with Crippen LogP contribution in [0.4, 0.5) is 4.39 Å². The molecule has 1 aliphatic heterocycles. The Hall–Kier alpha value is -0.930. The summed E-state index contributed by atoms with van der Waals surface area (Å²) >= 11 is 0. The highest BCUT2D eigenvalue weighted by molar-refractivity contribution is 14.0. The molecule has 1 unspecified atom stereocenters. The summed E-state index contributed by atoms with van der Waals surface area (Å²) in [6.45, 7) is 8.19. The van der Waals surface area contributed by atoms with Crippen LogP contribution in [0.1, 0.15) is 19.4 Å². The van der Waals surface area contributed by atoms with Crippen molar-refractivity contribution in [3.05, 3.63) is 35.6 Å². The normalized spacial score (nSPS) is 19.2. The second-order valence-electron chi connectivity index (χ2n) is 6.96. The fourth-order valence-electron chi connectivity index (χ4n) is 2.74. The van der Waals surface area contributed by atoms with Gasteiger partial charge in [-0.05, 0) is 24.7 Å². The van der Waals surface area contributed by atoms with Crippen LogP contribution in [0.25, 0.3) is 0 Å². The monoisotopic (exact) mass is 464 g/mol. The molecule has 0 amide bonds. The van der Waals surface area contributed by atoms with E-state index in [1.54, 1.807) is 19.2 Å². The lowest BCUT2D eigenvalue weighted by molar-refractivity contribution is -0.0161. The fraction of sp³-hybridized carbons (Fsp3) is 0.611. The fourth-order valence-corrected chi connectivity index (χ4v) is 2.74. The summed E-state index contributed by atoms with van der Waals surface area (Å²) in [6, 6.07) is 6.75. The third-order valence-electron chi connectivity index (χ3n) is 4.37. The zero-order chi connectivity index (χ0) is 17.6. The van der Waals surface area contributed by atoms with Crippen molar-refractivity contribution in [2.24, 2.45) is 4.99 Å². The smallest absolute Gasteiger partial charge is 0.191 e. The first-order valence-electron chi connectivity index (χ1n) is 8.41. The van der Waals surface area contributed by atoms with Gasteiger partial charge in [0.15, 0.2) is 5.96 Å². The average molecular weight is 464 g/mol.